The number of ether oxygens (including phenoxy) is 3. The van der Waals surface area contributed by atoms with Crippen LogP contribution in [0, 0.1) is 11.3 Å². The predicted molar refractivity (Wildman–Crippen MR) is 92.1 cm³/mol. The second-order valence-electron chi connectivity index (χ2n) is 6.11. The highest BCUT2D eigenvalue weighted by Crippen LogP contribution is 2.35. The summed E-state index contributed by atoms with van der Waals surface area (Å²) in [5.41, 5.74) is 1.32. The molecule has 0 N–H and O–H groups in total. The average molecular weight is 337 g/mol. The molecule has 3 rings (SSSR count). The van der Waals surface area contributed by atoms with Crippen molar-refractivity contribution in [3.8, 4) is 23.3 Å². The summed E-state index contributed by atoms with van der Waals surface area (Å²) >= 11 is 0. The number of hydrogen-bond acceptors (Lipinski definition) is 5. The second kappa shape index (κ2) is 7.27. The van der Waals surface area contributed by atoms with E-state index in [-0.39, 0.29) is 25.1 Å². The number of ketones is 1. The molecule has 0 saturated carbocycles. The fraction of sp³-hybridized carbons (Fsp3) is 0.300. The molecule has 0 radical (unpaired) electrons. The standard InChI is InChI=1S/C20H19NO4/c1-13(2)25-17-6-3-14(4-7-17)18(22)9-16(11-21)15-5-8-19-20(10-15)24-12-23-19/h3-8,10,13,16H,9,12H2,1-2H3. The van der Waals surface area contributed by atoms with Crippen molar-refractivity contribution in [2.45, 2.75) is 32.3 Å². The van der Waals surface area contributed by atoms with Gasteiger partial charge in [0.25, 0.3) is 0 Å². The first-order valence-corrected chi connectivity index (χ1v) is 8.16. The molecule has 5 nitrogen and oxygen atoms in total. The van der Waals surface area contributed by atoms with Crippen molar-refractivity contribution in [2.75, 3.05) is 6.79 Å². The molecule has 0 fully saturated rings. The smallest absolute Gasteiger partial charge is 0.231 e. The van der Waals surface area contributed by atoms with Crippen molar-refractivity contribution in [2.24, 2.45) is 0 Å². The zero-order valence-electron chi connectivity index (χ0n) is 14.2. The minimum Gasteiger partial charge on any atom is -0.491 e. The molecule has 0 amide bonds. The number of hydrogen-bond donors (Lipinski definition) is 0. The molecule has 0 aromatic heterocycles. The fourth-order valence-electron chi connectivity index (χ4n) is 2.66. The average Bonchev–Trinajstić information content (AvgIpc) is 3.07. The normalized spacial score (nSPS) is 13.4. The molecule has 0 bridgehead atoms. The van der Waals surface area contributed by atoms with Gasteiger partial charge in [0.2, 0.25) is 6.79 Å². The Hall–Kier alpha value is -3.00. The van der Waals surface area contributed by atoms with E-state index in [9.17, 15) is 10.1 Å². The van der Waals surface area contributed by atoms with Crippen LogP contribution in [0.4, 0.5) is 0 Å². The topological polar surface area (TPSA) is 68.6 Å². The molecule has 0 spiro atoms. The highest BCUT2D eigenvalue weighted by Gasteiger charge is 2.21. The predicted octanol–water partition coefficient (Wildman–Crippen LogP) is 4.08. The van der Waals surface area contributed by atoms with E-state index in [4.69, 9.17) is 14.2 Å². The number of fused-ring (bicyclic) bond motifs is 1. The van der Waals surface area contributed by atoms with Gasteiger partial charge in [-0.25, -0.2) is 0 Å². The molecule has 1 heterocycles. The van der Waals surface area contributed by atoms with Crippen LogP contribution in [-0.2, 0) is 0 Å². The van der Waals surface area contributed by atoms with Crippen LogP contribution in [0.15, 0.2) is 42.5 Å². The second-order valence-corrected chi connectivity index (χ2v) is 6.11. The molecule has 25 heavy (non-hydrogen) atoms. The van der Waals surface area contributed by atoms with Gasteiger partial charge in [-0.1, -0.05) is 6.07 Å². The Morgan fingerprint density at radius 1 is 1.16 bits per heavy atom. The Kier molecular flexibility index (Phi) is 4.90. The number of benzene rings is 2. The van der Waals surface area contributed by atoms with E-state index in [1.165, 1.54) is 0 Å². The Bertz CT molecular complexity index is 805. The number of nitrogens with zero attached hydrogens (tertiary/aromatic N) is 1. The number of carbonyl (C=O) groups is 1. The van der Waals surface area contributed by atoms with E-state index in [1.807, 2.05) is 13.8 Å². The van der Waals surface area contributed by atoms with Gasteiger partial charge in [0.15, 0.2) is 17.3 Å². The summed E-state index contributed by atoms with van der Waals surface area (Å²) in [4.78, 5) is 12.5. The summed E-state index contributed by atoms with van der Waals surface area (Å²) in [7, 11) is 0. The van der Waals surface area contributed by atoms with Gasteiger partial charge in [-0.2, -0.15) is 5.26 Å². The van der Waals surface area contributed by atoms with Crippen LogP contribution in [-0.4, -0.2) is 18.7 Å². The number of Topliss-reactive ketones (excluding diaryl/α,β-unsaturated/α-hetero) is 1. The Balaban J connectivity index is 1.71. The highest BCUT2D eigenvalue weighted by molar-refractivity contribution is 5.96. The number of nitriles is 1. The molecule has 2 aromatic rings. The fourth-order valence-corrected chi connectivity index (χ4v) is 2.66. The van der Waals surface area contributed by atoms with Gasteiger partial charge in [0, 0.05) is 12.0 Å². The van der Waals surface area contributed by atoms with Gasteiger partial charge < -0.3 is 14.2 Å². The molecule has 1 aliphatic heterocycles. The first-order chi connectivity index (χ1) is 12.1. The minimum absolute atomic E-state index is 0.0792. The largest absolute Gasteiger partial charge is 0.491 e. The first-order valence-electron chi connectivity index (χ1n) is 8.16. The van der Waals surface area contributed by atoms with Crippen molar-refractivity contribution in [1.82, 2.24) is 0 Å². The minimum atomic E-state index is -0.534. The Morgan fingerprint density at radius 3 is 2.56 bits per heavy atom. The number of carbonyl (C=O) groups excluding carboxylic acids is 1. The van der Waals surface area contributed by atoms with Crippen molar-refractivity contribution < 1.29 is 19.0 Å². The van der Waals surface area contributed by atoms with Crippen molar-refractivity contribution in [3.63, 3.8) is 0 Å². The maximum atomic E-state index is 12.5. The van der Waals surface area contributed by atoms with Crippen LogP contribution in [0.1, 0.15) is 42.1 Å². The van der Waals surface area contributed by atoms with Crippen molar-refractivity contribution >= 4 is 5.78 Å². The molecule has 2 aromatic carbocycles. The first kappa shape index (κ1) is 16.8. The van der Waals surface area contributed by atoms with E-state index in [0.29, 0.717) is 17.1 Å². The van der Waals surface area contributed by atoms with Crippen LogP contribution in [0.5, 0.6) is 17.2 Å². The third kappa shape index (κ3) is 3.92. The van der Waals surface area contributed by atoms with Gasteiger partial charge in [0.1, 0.15) is 5.75 Å². The van der Waals surface area contributed by atoms with E-state index in [2.05, 4.69) is 6.07 Å². The summed E-state index contributed by atoms with van der Waals surface area (Å²) in [6.07, 6.45) is 0.191. The van der Waals surface area contributed by atoms with Gasteiger partial charge >= 0.3 is 0 Å². The number of rotatable bonds is 6. The van der Waals surface area contributed by atoms with E-state index in [1.54, 1.807) is 42.5 Å². The molecule has 128 valence electrons. The van der Waals surface area contributed by atoms with Crippen LogP contribution in [0.2, 0.25) is 0 Å². The lowest BCUT2D eigenvalue weighted by Gasteiger charge is -2.11. The van der Waals surface area contributed by atoms with Crippen molar-refractivity contribution in [3.05, 3.63) is 53.6 Å². The summed E-state index contributed by atoms with van der Waals surface area (Å²) in [5.74, 6) is 1.38. The van der Waals surface area contributed by atoms with Gasteiger partial charge in [-0.05, 0) is 55.8 Å². The maximum Gasteiger partial charge on any atom is 0.231 e. The summed E-state index contributed by atoms with van der Waals surface area (Å²) in [6.45, 7) is 4.07. The molecule has 0 saturated heterocycles. The van der Waals surface area contributed by atoms with Crippen molar-refractivity contribution in [1.29, 1.82) is 5.26 Å². The quantitative estimate of drug-likeness (QED) is 0.743. The molecule has 1 aliphatic rings. The van der Waals surface area contributed by atoms with Gasteiger partial charge in [-0.3, -0.25) is 4.79 Å². The summed E-state index contributed by atoms with van der Waals surface area (Å²) < 4.78 is 16.2. The lowest BCUT2D eigenvalue weighted by Crippen LogP contribution is -2.08. The lowest BCUT2D eigenvalue weighted by atomic mass is 9.92. The third-order valence-electron chi connectivity index (χ3n) is 3.89. The molecule has 0 aliphatic carbocycles. The van der Waals surface area contributed by atoms with Gasteiger partial charge in [-0.15, -0.1) is 0 Å². The lowest BCUT2D eigenvalue weighted by molar-refractivity contribution is 0.0979. The van der Waals surface area contributed by atoms with Crippen LogP contribution >= 0.6 is 0 Å². The SMILES string of the molecule is CC(C)Oc1ccc(C(=O)CC(C#N)c2ccc3c(c2)OCO3)cc1. The molecule has 5 heteroatoms. The highest BCUT2D eigenvalue weighted by atomic mass is 16.7. The Labute approximate surface area is 146 Å². The van der Waals surface area contributed by atoms with Crippen LogP contribution in [0.25, 0.3) is 0 Å². The van der Waals surface area contributed by atoms with E-state index >= 15 is 0 Å². The zero-order chi connectivity index (χ0) is 17.8. The van der Waals surface area contributed by atoms with Crippen LogP contribution in [0.3, 0.4) is 0 Å². The van der Waals surface area contributed by atoms with Gasteiger partial charge in [0.05, 0.1) is 18.1 Å². The molecule has 1 atom stereocenters. The van der Waals surface area contributed by atoms with Crippen LogP contribution < -0.4 is 14.2 Å². The monoisotopic (exact) mass is 337 g/mol. The van der Waals surface area contributed by atoms with E-state index < -0.39 is 5.92 Å². The summed E-state index contributed by atoms with van der Waals surface area (Å²) in [6, 6.07) is 14.5. The Morgan fingerprint density at radius 2 is 1.88 bits per heavy atom. The zero-order valence-corrected chi connectivity index (χ0v) is 14.2. The third-order valence-corrected chi connectivity index (χ3v) is 3.89. The van der Waals surface area contributed by atoms with E-state index in [0.717, 1.165) is 11.3 Å². The molecular formula is C20H19NO4. The molecule has 1 unspecified atom stereocenters. The maximum absolute atomic E-state index is 12.5. The molecular weight excluding hydrogens is 318 g/mol. The summed E-state index contributed by atoms with van der Waals surface area (Å²) in [5, 5.41) is 9.47.